The number of fused-ring (bicyclic) bond motifs is 2. The van der Waals surface area contributed by atoms with E-state index in [1.165, 1.54) is 25.2 Å². The molecule has 0 N–H and O–H groups in total. The zero-order valence-corrected chi connectivity index (χ0v) is 16.5. The van der Waals surface area contributed by atoms with Gasteiger partial charge in [0.2, 0.25) is 10.0 Å². The third-order valence-electron chi connectivity index (χ3n) is 5.61. The van der Waals surface area contributed by atoms with Crippen LogP contribution in [0.25, 0.3) is 0 Å². The minimum absolute atomic E-state index is 0.0608. The summed E-state index contributed by atoms with van der Waals surface area (Å²) in [6.07, 6.45) is -3.44. The van der Waals surface area contributed by atoms with Gasteiger partial charge in [0, 0.05) is 13.1 Å². The van der Waals surface area contributed by atoms with Crippen molar-refractivity contribution in [3.8, 4) is 0 Å². The SMILES string of the molecule is CN([C@@H]1COC2(CC2)c2cc(C(F)(F)F)ccc21)S(=O)(=O)c1ccccc1[N+](=O)[O-]. The highest BCUT2D eigenvalue weighted by atomic mass is 32.2. The van der Waals surface area contributed by atoms with Gasteiger partial charge in [-0.15, -0.1) is 0 Å². The van der Waals surface area contributed by atoms with Gasteiger partial charge in [0.1, 0.15) is 0 Å². The van der Waals surface area contributed by atoms with E-state index in [9.17, 15) is 31.7 Å². The van der Waals surface area contributed by atoms with Gasteiger partial charge in [-0.2, -0.15) is 17.5 Å². The molecule has 2 aromatic carbocycles. The number of likely N-dealkylation sites (N-methyl/N-ethyl adjacent to an activating group) is 1. The quantitative estimate of drug-likeness (QED) is 0.528. The summed E-state index contributed by atoms with van der Waals surface area (Å²) in [5, 5.41) is 11.3. The lowest BCUT2D eigenvalue weighted by Gasteiger charge is -2.37. The lowest BCUT2D eigenvalue weighted by molar-refractivity contribution is -0.387. The van der Waals surface area contributed by atoms with Gasteiger partial charge in [0.25, 0.3) is 5.69 Å². The van der Waals surface area contributed by atoms with Crippen LogP contribution in [0.3, 0.4) is 0 Å². The molecule has 1 atom stereocenters. The average molecular weight is 442 g/mol. The average Bonchev–Trinajstić information content (AvgIpc) is 3.47. The maximum absolute atomic E-state index is 13.2. The Morgan fingerprint density at radius 1 is 1.20 bits per heavy atom. The van der Waals surface area contributed by atoms with Crippen LogP contribution in [0.5, 0.6) is 0 Å². The van der Waals surface area contributed by atoms with E-state index in [4.69, 9.17) is 4.74 Å². The van der Waals surface area contributed by atoms with Crippen LogP contribution in [-0.2, 0) is 26.5 Å². The fourth-order valence-corrected chi connectivity index (χ4v) is 5.28. The highest BCUT2D eigenvalue weighted by molar-refractivity contribution is 7.89. The monoisotopic (exact) mass is 442 g/mol. The van der Waals surface area contributed by atoms with Gasteiger partial charge in [-0.25, -0.2) is 8.42 Å². The third kappa shape index (κ3) is 3.26. The summed E-state index contributed by atoms with van der Waals surface area (Å²) in [5.41, 5.74) is -1.50. The number of halogens is 3. The van der Waals surface area contributed by atoms with Gasteiger partial charge in [-0.05, 0) is 42.2 Å². The molecule has 11 heteroatoms. The zero-order chi connectivity index (χ0) is 21.9. The van der Waals surface area contributed by atoms with Crippen molar-refractivity contribution in [2.24, 2.45) is 0 Å². The third-order valence-corrected chi connectivity index (χ3v) is 7.52. The molecule has 2 aromatic rings. The van der Waals surface area contributed by atoms with Crippen LogP contribution < -0.4 is 0 Å². The van der Waals surface area contributed by atoms with Gasteiger partial charge < -0.3 is 4.74 Å². The van der Waals surface area contributed by atoms with Crippen molar-refractivity contribution in [2.45, 2.75) is 35.6 Å². The van der Waals surface area contributed by atoms with Crippen LogP contribution >= 0.6 is 0 Å². The lowest BCUT2D eigenvalue weighted by atomic mass is 9.90. The van der Waals surface area contributed by atoms with Crippen LogP contribution in [0.15, 0.2) is 47.4 Å². The van der Waals surface area contributed by atoms with Gasteiger partial charge in [0.05, 0.1) is 28.7 Å². The number of rotatable bonds is 4. The number of nitro benzene ring substituents is 1. The van der Waals surface area contributed by atoms with E-state index in [-0.39, 0.29) is 6.61 Å². The molecule has 0 amide bonds. The lowest BCUT2D eigenvalue weighted by Crippen LogP contribution is -2.39. The Morgan fingerprint density at radius 2 is 1.87 bits per heavy atom. The molecular formula is C19H17F3N2O5S. The number of sulfonamides is 1. The fourth-order valence-electron chi connectivity index (χ4n) is 3.80. The van der Waals surface area contributed by atoms with Crippen LogP contribution in [0, 0.1) is 10.1 Å². The van der Waals surface area contributed by atoms with Crippen molar-refractivity contribution in [3.63, 3.8) is 0 Å². The number of ether oxygens (including phenoxy) is 1. The molecular weight excluding hydrogens is 425 g/mol. The summed E-state index contributed by atoms with van der Waals surface area (Å²) < 4.78 is 72.7. The Bertz CT molecular complexity index is 1130. The number of benzene rings is 2. The number of hydrogen-bond donors (Lipinski definition) is 0. The van der Waals surface area contributed by atoms with Gasteiger partial charge in [0.15, 0.2) is 4.90 Å². The predicted molar refractivity (Wildman–Crippen MR) is 99.1 cm³/mol. The topological polar surface area (TPSA) is 89.8 Å². The van der Waals surface area contributed by atoms with E-state index < -0.39 is 48.9 Å². The molecule has 1 spiro atoms. The van der Waals surface area contributed by atoms with Crippen molar-refractivity contribution in [1.82, 2.24) is 4.31 Å². The molecule has 2 aliphatic rings. The standard InChI is InChI=1S/C19H17F3N2O5S/c1-23(30(27,28)17-5-3-2-4-15(17)24(25)26)16-11-29-18(8-9-18)14-10-12(19(20,21)22)6-7-13(14)16/h2-7,10,16H,8-9,11H2,1H3/t16-/m1/s1. The summed E-state index contributed by atoms with van der Waals surface area (Å²) in [6.45, 7) is -0.0608. The molecule has 0 unspecified atom stereocenters. The van der Waals surface area contributed by atoms with Gasteiger partial charge in [-0.1, -0.05) is 18.2 Å². The molecule has 160 valence electrons. The number of para-hydroxylation sites is 1. The maximum atomic E-state index is 13.2. The first kappa shape index (κ1) is 20.8. The van der Waals surface area contributed by atoms with Crippen LogP contribution in [-0.4, -0.2) is 31.3 Å². The molecule has 30 heavy (non-hydrogen) atoms. The summed E-state index contributed by atoms with van der Waals surface area (Å²) in [6, 6.07) is 7.22. The van der Waals surface area contributed by atoms with E-state index >= 15 is 0 Å². The second-order valence-corrected chi connectivity index (χ2v) is 9.33. The number of hydrogen-bond acceptors (Lipinski definition) is 5. The van der Waals surface area contributed by atoms with Crippen LogP contribution in [0.1, 0.15) is 35.6 Å². The molecule has 1 fully saturated rings. The van der Waals surface area contributed by atoms with Crippen molar-refractivity contribution in [1.29, 1.82) is 0 Å². The fraction of sp³-hybridized carbons (Fsp3) is 0.368. The van der Waals surface area contributed by atoms with E-state index in [1.54, 1.807) is 0 Å². The Balaban J connectivity index is 1.78. The normalized spacial score (nSPS) is 20.2. The van der Waals surface area contributed by atoms with E-state index in [2.05, 4.69) is 0 Å². The molecule has 1 heterocycles. The summed E-state index contributed by atoms with van der Waals surface area (Å²) in [7, 11) is -3.08. The molecule has 0 aromatic heterocycles. The first-order chi connectivity index (χ1) is 14.0. The Kier molecular flexibility index (Phi) is 4.68. The summed E-state index contributed by atoms with van der Waals surface area (Å²) in [5.74, 6) is 0. The number of nitrogens with zero attached hydrogens (tertiary/aromatic N) is 2. The molecule has 0 saturated heterocycles. The van der Waals surface area contributed by atoms with Crippen molar-refractivity contribution >= 4 is 15.7 Å². The van der Waals surface area contributed by atoms with Crippen LogP contribution in [0.2, 0.25) is 0 Å². The molecule has 1 saturated carbocycles. The van der Waals surface area contributed by atoms with Crippen molar-refractivity contribution in [2.75, 3.05) is 13.7 Å². The summed E-state index contributed by atoms with van der Waals surface area (Å²) >= 11 is 0. The molecule has 4 rings (SSSR count). The van der Waals surface area contributed by atoms with Crippen molar-refractivity contribution in [3.05, 3.63) is 69.3 Å². The Hall–Kier alpha value is -2.50. The first-order valence-electron chi connectivity index (χ1n) is 9.04. The predicted octanol–water partition coefficient (Wildman–Crippen LogP) is 3.99. The molecule has 1 aliphatic carbocycles. The molecule has 0 bridgehead atoms. The minimum atomic E-state index is -4.54. The van der Waals surface area contributed by atoms with E-state index in [0.29, 0.717) is 24.0 Å². The Labute approximate surface area is 170 Å². The van der Waals surface area contributed by atoms with Gasteiger partial charge >= 0.3 is 6.18 Å². The minimum Gasteiger partial charge on any atom is -0.368 e. The smallest absolute Gasteiger partial charge is 0.368 e. The van der Waals surface area contributed by atoms with Crippen LogP contribution in [0.4, 0.5) is 18.9 Å². The highest BCUT2D eigenvalue weighted by Gasteiger charge is 2.53. The number of alkyl halides is 3. The molecule has 0 radical (unpaired) electrons. The second kappa shape index (κ2) is 6.76. The van der Waals surface area contributed by atoms with E-state index in [0.717, 1.165) is 28.6 Å². The molecule has 1 aliphatic heterocycles. The zero-order valence-electron chi connectivity index (χ0n) is 15.7. The Morgan fingerprint density at radius 3 is 2.47 bits per heavy atom. The van der Waals surface area contributed by atoms with Crippen molar-refractivity contribution < 1.29 is 31.2 Å². The summed E-state index contributed by atoms with van der Waals surface area (Å²) in [4.78, 5) is 10.0. The molecule has 7 nitrogen and oxygen atoms in total. The second-order valence-electron chi connectivity index (χ2n) is 7.37. The maximum Gasteiger partial charge on any atom is 0.416 e. The number of nitro groups is 1. The largest absolute Gasteiger partial charge is 0.416 e. The van der Waals surface area contributed by atoms with E-state index in [1.807, 2.05) is 0 Å². The van der Waals surface area contributed by atoms with Gasteiger partial charge in [-0.3, -0.25) is 10.1 Å². The highest BCUT2D eigenvalue weighted by Crippen LogP contribution is 2.56. The first-order valence-corrected chi connectivity index (χ1v) is 10.5.